The van der Waals surface area contributed by atoms with E-state index in [0.717, 1.165) is 5.56 Å². The predicted molar refractivity (Wildman–Crippen MR) is 77.2 cm³/mol. The molecular weight excluding hydrogens is 277 g/mol. The van der Waals surface area contributed by atoms with Gasteiger partial charge < -0.3 is 0 Å². The van der Waals surface area contributed by atoms with Gasteiger partial charge in [-0.25, -0.2) is 17.5 Å². The highest BCUT2D eigenvalue weighted by atomic mass is 32.2. The fraction of sp³-hybridized carbons (Fsp3) is 0.200. The van der Waals surface area contributed by atoms with Gasteiger partial charge in [0.25, 0.3) is 0 Å². The Hall–Kier alpha value is -1.72. The first kappa shape index (κ1) is 14.7. The summed E-state index contributed by atoms with van der Waals surface area (Å²) in [5, 5.41) is 0. The SMILES string of the molecule is O=S(=O)(Cc1ccccc1)NCCc1ccccc1F. The molecule has 106 valence electrons. The Morgan fingerprint density at radius 1 is 0.950 bits per heavy atom. The second-order valence-corrected chi connectivity index (χ2v) is 6.29. The molecule has 0 aliphatic carbocycles. The van der Waals surface area contributed by atoms with Crippen molar-refractivity contribution in [1.29, 1.82) is 0 Å². The van der Waals surface area contributed by atoms with Gasteiger partial charge in [-0.2, -0.15) is 0 Å². The van der Waals surface area contributed by atoms with E-state index >= 15 is 0 Å². The zero-order chi connectivity index (χ0) is 14.4. The third-order valence-electron chi connectivity index (χ3n) is 2.87. The van der Waals surface area contributed by atoms with Crippen molar-refractivity contribution >= 4 is 10.0 Å². The number of rotatable bonds is 6. The van der Waals surface area contributed by atoms with Crippen molar-refractivity contribution in [2.24, 2.45) is 0 Å². The third-order valence-corrected chi connectivity index (χ3v) is 4.23. The Bertz CT molecular complexity index is 657. The van der Waals surface area contributed by atoms with E-state index < -0.39 is 10.0 Å². The number of halogens is 1. The molecule has 0 spiro atoms. The molecule has 0 aliphatic heterocycles. The molecule has 0 saturated carbocycles. The smallest absolute Gasteiger partial charge is 0.215 e. The van der Waals surface area contributed by atoms with E-state index in [1.165, 1.54) is 6.07 Å². The zero-order valence-corrected chi connectivity index (χ0v) is 11.7. The molecule has 2 aromatic rings. The van der Waals surface area contributed by atoms with Gasteiger partial charge in [-0.05, 0) is 23.6 Å². The Kier molecular flexibility index (Phi) is 4.87. The number of benzene rings is 2. The van der Waals surface area contributed by atoms with Crippen LogP contribution in [0.4, 0.5) is 4.39 Å². The summed E-state index contributed by atoms with van der Waals surface area (Å²) < 4.78 is 39.6. The number of hydrogen-bond donors (Lipinski definition) is 1. The highest BCUT2D eigenvalue weighted by Crippen LogP contribution is 2.07. The molecule has 0 heterocycles. The van der Waals surface area contributed by atoms with Gasteiger partial charge in [0.15, 0.2) is 0 Å². The van der Waals surface area contributed by atoms with Crippen molar-refractivity contribution < 1.29 is 12.8 Å². The Morgan fingerprint density at radius 3 is 2.30 bits per heavy atom. The first-order chi connectivity index (χ1) is 9.57. The third kappa shape index (κ3) is 4.43. The number of sulfonamides is 1. The van der Waals surface area contributed by atoms with E-state index in [1.807, 2.05) is 6.07 Å². The van der Waals surface area contributed by atoms with Gasteiger partial charge in [0.2, 0.25) is 10.0 Å². The molecule has 0 radical (unpaired) electrons. The van der Waals surface area contributed by atoms with Crippen LogP contribution in [0.5, 0.6) is 0 Å². The van der Waals surface area contributed by atoms with Crippen molar-refractivity contribution in [3.8, 4) is 0 Å². The molecule has 20 heavy (non-hydrogen) atoms. The van der Waals surface area contributed by atoms with Gasteiger partial charge in [-0.3, -0.25) is 0 Å². The van der Waals surface area contributed by atoms with Crippen LogP contribution in [-0.4, -0.2) is 15.0 Å². The fourth-order valence-corrected chi connectivity index (χ4v) is 3.03. The molecule has 0 bridgehead atoms. The summed E-state index contributed by atoms with van der Waals surface area (Å²) in [6.07, 6.45) is 0.334. The monoisotopic (exact) mass is 293 g/mol. The van der Waals surface area contributed by atoms with Crippen LogP contribution in [0.15, 0.2) is 54.6 Å². The van der Waals surface area contributed by atoms with E-state index in [9.17, 15) is 12.8 Å². The summed E-state index contributed by atoms with van der Waals surface area (Å²) in [7, 11) is -3.39. The van der Waals surface area contributed by atoms with Gasteiger partial charge in [0.1, 0.15) is 5.82 Å². The molecule has 0 fully saturated rings. The lowest BCUT2D eigenvalue weighted by molar-refractivity contribution is 0.576. The first-order valence-corrected chi connectivity index (χ1v) is 7.97. The van der Waals surface area contributed by atoms with Crippen LogP contribution in [-0.2, 0) is 22.2 Å². The lowest BCUT2D eigenvalue weighted by Gasteiger charge is -2.07. The maximum atomic E-state index is 13.4. The second-order valence-electron chi connectivity index (χ2n) is 4.48. The van der Waals surface area contributed by atoms with E-state index in [1.54, 1.807) is 42.5 Å². The molecule has 0 unspecified atom stereocenters. The van der Waals surface area contributed by atoms with E-state index in [2.05, 4.69) is 4.72 Å². The maximum absolute atomic E-state index is 13.4. The molecule has 0 saturated heterocycles. The summed E-state index contributed by atoms with van der Waals surface area (Å²) in [6, 6.07) is 15.3. The van der Waals surface area contributed by atoms with Gasteiger partial charge in [0.05, 0.1) is 5.75 Å². The van der Waals surface area contributed by atoms with Crippen LogP contribution in [0.1, 0.15) is 11.1 Å². The van der Waals surface area contributed by atoms with Crippen molar-refractivity contribution in [2.75, 3.05) is 6.54 Å². The van der Waals surface area contributed by atoms with Crippen molar-refractivity contribution in [2.45, 2.75) is 12.2 Å². The maximum Gasteiger partial charge on any atom is 0.215 e. The van der Waals surface area contributed by atoms with E-state index in [4.69, 9.17) is 0 Å². The van der Waals surface area contributed by atoms with Crippen molar-refractivity contribution in [3.05, 3.63) is 71.5 Å². The molecule has 2 aromatic carbocycles. The van der Waals surface area contributed by atoms with Crippen molar-refractivity contribution in [1.82, 2.24) is 4.72 Å². The topological polar surface area (TPSA) is 46.2 Å². The quantitative estimate of drug-likeness (QED) is 0.889. The summed E-state index contributed by atoms with van der Waals surface area (Å²) in [4.78, 5) is 0. The minimum atomic E-state index is -3.39. The minimum Gasteiger partial charge on any atom is -0.215 e. The second kappa shape index (κ2) is 6.63. The van der Waals surface area contributed by atoms with Crippen LogP contribution in [0.25, 0.3) is 0 Å². The predicted octanol–water partition coefficient (Wildman–Crippen LogP) is 2.49. The van der Waals surface area contributed by atoms with E-state index in [0.29, 0.717) is 12.0 Å². The molecule has 2 rings (SSSR count). The average molecular weight is 293 g/mol. The lowest BCUT2D eigenvalue weighted by Crippen LogP contribution is -2.27. The van der Waals surface area contributed by atoms with Gasteiger partial charge in [-0.15, -0.1) is 0 Å². The molecular formula is C15H16FNO2S. The zero-order valence-electron chi connectivity index (χ0n) is 10.9. The molecule has 1 N–H and O–H groups in total. The molecule has 3 nitrogen and oxygen atoms in total. The standard InChI is InChI=1S/C15H16FNO2S/c16-15-9-5-4-8-14(15)10-11-17-20(18,19)12-13-6-2-1-3-7-13/h1-9,17H,10-12H2. The summed E-state index contributed by atoms with van der Waals surface area (Å²) in [5.74, 6) is -0.375. The molecule has 5 heteroatoms. The van der Waals surface area contributed by atoms with E-state index in [-0.39, 0.29) is 18.1 Å². The molecule has 0 aromatic heterocycles. The Labute approximate surface area is 118 Å². The normalized spacial score (nSPS) is 11.4. The largest absolute Gasteiger partial charge is 0.215 e. The van der Waals surface area contributed by atoms with Crippen LogP contribution in [0, 0.1) is 5.82 Å². The van der Waals surface area contributed by atoms with Crippen LogP contribution < -0.4 is 4.72 Å². The highest BCUT2D eigenvalue weighted by Gasteiger charge is 2.11. The minimum absolute atomic E-state index is 0.0644. The first-order valence-electron chi connectivity index (χ1n) is 6.31. The van der Waals surface area contributed by atoms with Gasteiger partial charge in [0, 0.05) is 6.54 Å². The molecule has 0 atom stereocenters. The van der Waals surface area contributed by atoms with Crippen molar-refractivity contribution in [3.63, 3.8) is 0 Å². The van der Waals surface area contributed by atoms with Crippen LogP contribution in [0.2, 0.25) is 0 Å². The highest BCUT2D eigenvalue weighted by molar-refractivity contribution is 7.88. The van der Waals surface area contributed by atoms with Crippen LogP contribution in [0.3, 0.4) is 0 Å². The average Bonchev–Trinajstić information content (AvgIpc) is 2.41. The molecule has 0 amide bonds. The lowest BCUT2D eigenvalue weighted by atomic mass is 10.1. The molecule has 0 aliphatic rings. The number of nitrogens with one attached hydrogen (secondary N) is 1. The summed E-state index contributed by atoms with van der Waals surface area (Å²) in [6.45, 7) is 0.191. The van der Waals surface area contributed by atoms with Crippen LogP contribution >= 0.6 is 0 Å². The van der Waals surface area contributed by atoms with Gasteiger partial charge in [-0.1, -0.05) is 48.5 Å². The fourth-order valence-electron chi connectivity index (χ4n) is 1.89. The van der Waals surface area contributed by atoms with Gasteiger partial charge >= 0.3 is 0 Å². The number of hydrogen-bond acceptors (Lipinski definition) is 2. The Balaban J connectivity index is 1.89. The summed E-state index contributed by atoms with van der Waals surface area (Å²) in [5.41, 5.74) is 1.24. The Morgan fingerprint density at radius 2 is 1.60 bits per heavy atom. The summed E-state index contributed by atoms with van der Waals surface area (Å²) >= 11 is 0.